The molecule has 0 saturated carbocycles. The highest BCUT2D eigenvalue weighted by Crippen LogP contribution is 2.20. The molecule has 0 bridgehead atoms. The molecule has 0 atom stereocenters. The first-order chi connectivity index (χ1) is 8.26. The quantitative estimate of drug-likeness (QED) is 0.857. The van der Waals surface area contributed by atoms with Crippen LogP contribution in [0.1, 0.15) is 27.7 Å². The lowest BCUT2D eigenvalue weighted by Gasteiger charge is -2.19. The third-order valence-electron chi connectivity index (χ3n) is 2.23. The van der Waals surface area contributed by atoms with E-state index in [0.717, 1.165) is 0 Å². The van der Waals surface area contributed by atoms with Crippen LogP contribution in [0.2, 0.25) is 0 Å². The Morgan fingerprint density at radius 2 is 2.00 bits per heavy atom. The Morgan fingerprint density at radius 1 is 1.33 bits per heavy atom. The molecule has 0 aromatic carbocycles. The smallest absolute Gasteiger partial charge is 0.244 e. The van der Waals surface area contributed by atoms with E-state index in [1.165, 1.54) is 6.20 Å². The first-order valence-corrected chi connectivity index (χ1v) is 7.42. The van der Waals surface area contributed by atoms with E-state index in [9.17, 15) is 8.42 Å². The predicted molar refractivity (Wildman–Crippen MR) is 73.0 cm³/mol. The molecule has 0 unspecified atom stereocenters. The number of nitrogens with zero attached hydrogens (tertiary/aromatic N) is 1. The molecule has 1 heterocycles. The van der Waals surface area contributed by atoms with Crippen LogP contribution >= 0.6 is 0 Å². The van der Waals surface area contributed by atoms with Gasteiger partial charge in [-0.3, -0.25) is 4.98 Å². The topological polar surface area (TPSA) is 71.1 Å². The van der Waals surface area contributed by atoms with Gasteiger partial charge < -0.3 is 5.32 Å². The van der Waals surface area contributed by atoms with Crippen LogP contribution in [-0.2, 0) is 10.0 Å². The number of nitrogens with one attached hydrogen (secondary N) is 2. The molecule has 5 nitrogen and oxygen atoms in total. The number of rotatable bonds is 5. The van der Waals surface area contributed by atoms with Gasteiger partial charge in [-0.25, -0.2) is 13.1 Å². The summed E-state index contributed by atoms with van der Waals surface area (Å²) in [6.45, 7) is 8.89. The Bertz CT molecular complexity index is 492. The van der Waals surface area contributed by atoms with Crippen molar-refractivity contribution in [2.45, 2.75) is 32.6 Å². The van der Waals surface area contributed by atoms with Gasteiger partial charge in [0.1, 0.15) is 4.90 Å². The molecule has 1 aromatic heterocycles. The highest BCUT2D eigenvalue weighted by Gasteiger charge is 2.21. The number of hydrogen-bond acceptors (Lipinski definition) is 4. The van der Waals surface area contributed by atoms with Gasteiger partial charge in [0.15, 0.2) is 0 Å². The van der Waals surface area contributed by atoms with Gasteiger partial charge in [0.05, 0.1) is 5.69 Å². The van der Waals surface area contributed by atoms with Gasteiger partial charge in [0.2, 0.25) is 10.0 Å². The van der Waals surface area contributed by atoms with E-state index in [-0.39, 0.29) is 10.3 Å². The minimum atomic E-state index is -3.52. The maximum Gasteiger partial charge on any atom is 0.244 e. The fourth-order valence-corrected chi connectivity index (χ4v) is 2.73. The second-order valence-corrected chi connectivity index (χ2v) is 7.02. The van der Waals surface area contributed by atoms with E-state index in [1.54, 1.807) is 12.3 Å². The third-order valence-corrected chi connectivity index (χ3v) is 3.66. The fourth-order valence-electron chi connectivity index (χ4n) is 1.32. The van der Waals surface area contributed by atoms with Gasteiger partial charge >= 0.3 is 0 Å². The number of anilines is 1. The van der Waals surface area contributed by atoms with E-state index in [1.807, 2.05) is 27.7 Å². The standard InChI is InChI=1S/C12H21N3O2S/c1-5-14-10-6-7-13-8-11(10)18(16,17)15-9-12(2,3)4/h6-8,15H,5,9H2,1-4H3,(H,13,14). The molecule has 0 amide bonds. The molecule has 0 aliphatic carbocycles. The average molecular weight is 271 g/mol. The summed E-state index contributed by atoms with van der Waals surface area (Å²) >= 11 is 0. The van der Waals surface area contributed by atoms with E-state index in [0.29, 0.717) is 18.8 Å². The Morgan fingerprint density at radius 3 is 2.56 bits per heavy atom. The van der Waals surface area contributed by atoms with Crippen LogP contribution in [0.5, 0.6) is 0 Å². The van der Waals surface area contributed by atoms with E-state index >= 15 is 0 Å². The van der Waals surface area contributed by atoms with Crippen molar-refractivity contribution >= 4 is 15.7 Å². The summed E-state index contributed by atoms with van der Waals surface area (Å²) in [6, 6.07) is 1.66. The highest BCUT2D eigenvalue weighted by molar-refractivity contribution is 7.89. The molecule has 0 spiro atoms. The molecule has 1 aromatic rings. The first kappa shape index (κ1) is 14.9. The van der Waals surface area contributed by atoms with Crippen molar-refractivity contribution in [3.8, 4) is 0 Å². The lowest BCUT2D eigenvalue weighted by Crippen LogP contribution is -2.32. The summed E-state index contributed by atoms with van der Waals surface area (Å²) in [5.74, 6) is 0. The van der Waals surface area contributed by atoms with Crippen molar-refractivity contribution in [3.05, 3.63) is 18.5 Å². The molecule has 18 heavy (non-hydrogen) atoms. The van der Waals surface area contributed by atoms with Gasteiger partial charge in [-0.15, -0.1) is 0 Å². The summed E-state index contributed by atoms with van der Waals surface area (Å²) in [4.78, 5) is 4.07. The van der Waals surface area contributed by atoms with Gasteiger partial charge in [-0.1, -0.05) is 20.8 Å². The minimum absolute atomic E-state index is 0.104. The monoisotopic (exact) mass is 271 g/mol. The van der Waals surface area contributed by atoms with Crippen LogP contribution in [0, 0.1) is 5.41 Å². The van der Waals surface area contributed by atoms with Crippen molar-refractivity contribution in [1.82, 2.24) is 9.71 Å². The molecule has 2 N–H and O–H groups in total. The van der Waals surface area contributed by atoms with Crippen LogP contribution in [0.3, 0.4) is 0 Å². The summed E-state index contributed by atoms with van der Waals surface area (Å²) in [7, 11) is -3.52. The van der Waals surface area contributed by atoms with Crippen molar-refractivity contribution < 1.29 is 8.42 Å². The minimum Gasteiger partial charge on any atom is -0.384 e. The molecule has 0 aliphatic heterocycles. The van der Waals surface area contributed by atoms with Crippen LogP contribution in [0.15, 0.2) is 23.4 Å². The highest BCUT2D eigenvalue weighted by atomic mass is 32.2. The Hall–Kier alpha value is -1.14. The summed E-state index contributed by atoms with van der Waals surface area (Å²) in [6.07, 6.45) is 2.93. The first-order valence-electron chi connectivity index (χ1n) is 5.94. The van der Waals surface area contributed by atoms with Crippen molar-refractivity contribution in [2.75, 3.05) is 18.4 Å². The average Bonchev–Trinajstić information content (AvgIpc) is 2.27. The van der Waals surface area contributed by atoms with Crippen LogP contribution in [0.4, 0.5) is 5.69 Å². The maximum absolute atomic E-state index is 12.2. The largest absolute Gasteiger partial charge is 0.384 e. The van der Waals surface area contributed by atoms with Gasteiger partial charge in [0.25, 0.3) is 0 Å². The Labute approximate surface area is 109 Å². The number of hydrogen-bond donors (Lipinski definition) is 2. The molecular weight excluding hydrogens is 250 g/mol. The molecule has 0 saturated heterocycles. The molecule has 0 radical (unpaired) electrons. The van der Waals surface area contributed by atoms with E-state index in [2.05, 4.69) is 15.0 Å². The van der Waals surface area contributed by atoms with Gasteiger partial charge in [-0.2, -0.15) is 0 Å². The normalized spacial score (nSPS) is 12.4. The molecule has 6 heteroatoms. The van der Waals surface area contributed by atoms with Crippen LogP contribution < -0.4 is 10.0 Å². The fraction of sp³-hybridized carbons (Fsp3) is 0.583. The second-order valence-electron chi connectivity index (χ2n) is 5.29. The zero-order valence-electron chi connectivity index (χ0n) is 11.3. The van der Waals surface area contributed by atoms with E-state index in [4.69, 9.17) is 0 Å². The Kier molecular flexibility index (Phi) is 4.70. The lowest BCUT2D eigenvalue weighted by atomic mass is 9.98. The number of aromatic nitrogens is 1. The van der Waals surface area contributed by atoms with Gasteiger partial charge in [0, 0.05) is 25.5 Å². The third kappa shape index (κ3) is 4.27. The molecule has 1 rings (SSSR count). The van der Waals surface area contributed by atoms with Crippen LogP contribution in [-0.4, -0.2) is 26.5 Å². The number of sulfonamides is 1. The van der Waals surface area contributed by atoms with Crippen molar-refractivity contribution in [1.29, 1.82) is 0 Å². The maximum atomic E-state index is 12.2. The Balaban J connectivity index is 2.98. The second kappa shape index (κ2) is 5.67. The zero-order valence-corrected chi connectivity index (χ0v) is 12.1. The SMILES string of the molecule is CCNc1ccncc1S(=O)(=O)NCC(C)(C)C. The van der Waals surface area contributed by atoms with E-state index < -0.39 is 10.0 Å². The zero-order chi connectivity index (χ0) is 13.8. The number of pyridine rings is 1. The van der Waals surface area contributed by atoms with Crippen molar-refractivity contribution in [2.24, 2.45) is 5.41 Å². The van der Waals surface area contributed by atoms with Gasteiger partial charge in [-0.05, 0) is 18.4 Å². The molecule has 0 aliphatic rings. The molecule has 102 valence electrons. The summed E-state index contributed by atoms with van der Waals surface area (Å²) in [5.41, 5.74) is 0.474. The summed E-state index contributed by atoms with van der Waals surface area (Å²) < 4.78 is 27.0. The van der Waals surface area contributed by atoms with Crippen LogP contribution in [0.25, 0.3) is 0 Å². The predicted octanol–water partition coefficient (Wildman–Crippen LogP) is 1.84. The molecular formula is C12H21N3O2S. The van der Waals surface area contributed by atoms with Crippen molar-refractivity contribution in [3.63, 3.8) is 0 Å². The lowest BCUT2D eigenvalue weighted by molar-refractivity contribution is 0.407. The molecule has 0 fully saturated rings. The summed E-state index contributed by atoms with van der Waals surface area (Å²) in [5, 5.41) is 3.02.